The molecule has 3 amide bonds. The Kier molecular flexibility index (Phi) is 10.1. The van der Waals surface area contributed by atoms with Gasteiger partial charge in [0, 0.05) is 28.0 Å². The zero-order valence-corrected chi connectivity index (χ0v) is 22.4. The van der Waals surface area contributed by atoms with Crippen molar-refractivity contribution in [1.82, 2.24) is 15.8 Å². The van der Waals surface area contributed by atoms with Crippen LogP contribution >= 0.6 is 70.4 Å². The lowest BCUT2D eigenvalue weighted by atomic mass is 10.2. The topological polar surface area (TPSA) is 87.7 Å². The molecule has 0 atom stereocenters. The van der Waals surface area contributed by atoms with Gasteiger partial charge >= 0.3 is 0 Å². The molecule has 184 valence electrons. The normalized spacial score (nSPS) is 14.4. The highest BCUT2D eigenvalue weighted by molar-refractivity contribution is 8.26. The van der Waals surface area contributed by atoms with Crippen LogP contribution in [0.5, 0.6) is 5.75 Å². The van der Waals surface area contributed by atoms with Crippen LogP contribution in [0, 0.1) is 0 Å². The first-order chi connectivity index (χ1) is 16.6. The molecule has 0 bridgehead atoms. The first kappa shape index (κ1) is 27.6. The zero-order valence-electron chi connectivity index (χ0n) is 17.8. The summed E-state index contributed by atoms with van der Waals surface area (Å²) in [5, 5.41) is 1.61. The molecule has 35 heavy (non-hydrogen) atoms. The molecule has 0 aromatic heterocycles. The molecule has 1 heterocycles. The van der Waals surface area contributed by atoms with Crippen LogP contribution in [0.1, 0.15) is 18.4 Å². The summed E-state index contributed by atoms with van der Waals surface area (Å²) in [4.78, 5) is 38.5. The molecule has 2 aromatic rings. The van der Waals surface area contributed by atoms with Crippen molar-refractivity contribution in [3.8, 4) is 5.75 Å². The Bertz CT molecular complexity index is 1210. The number of thiocarbonyl (C=S) groups is 1. The highest BCUT2D eigenvalue weighted by Crippen LogP contribution is 2.34. The van der Waals surface area contributed by atoms with Crippen LogP contribution in [-0.4, -0.2) is 40.1 Å². The predicted molar refractivity (Wildman–Crippen MR) is 144 cm³/mol. The molecule has 2 aromatic carbocycles. The van der Waals surface area contributed by atoms with Crippen molar-refractivity contribution in [2.45, 2.75) is 12.8 Å². The van der Waals surface area contributed by atoms with Crippen molar-refractivity contribution in [3.63, 3.8) is 0 Å². The maximum Gasteiger partial charge on any atom is 0.276 e. The lowest BCUT2D eigenvalue weighted by Gasteiger charge is -2.14. The Morgan fingerprint density at radius 3 is 2.34 bits per heavy atom. The molecule has 0 aliphatic carbocycles. The van der Waals surface area contributed by atoms with Crippen LogP contribution < -0.4 is 15.6 Å². The van der Waals surface area contributed by atoms with Gasteiger partial charge in [-0.1, -0.05) is 76.4 Å². The Morgan fingerprint density at radius 2 is 1.66 bits per heavy atom. The van der Waals surface area contributed by atoms with E-state index in [1.807, 2.05) is 0 Å². The fourth-order valence-corrected chi connectivity index (χ4v) is 5.05. The molecule has 0 saturated carbocycles. The summed E-state index contributed by atoms with van der Waals surface area (Å²) >= 11 is 30.3. The Morgan fingerprint density at radius 1 is 1.00 bits per heavy atom. The summed E-state index contributed by atoms with van der Waals surface area (Å²) < 4.78 is 5.68. The van der Waals surface area contributed by atoms with Gasteiger partial charge in [-0.05, 0) is 48.4 Å². The van der Waals surface area contributed by atoms with Crippen LogP contribution in [-0.2, 0) is 14.4 Å². The number of nitrogens with one attached hydrogen (secondary N) is 2. The predicted octanol–water partition coefficient (Wildman–Crippen LogP) is 5.51. The third-order valence-electron chi connectivity index (χ3n) is 4.50. The van der Waals surface area contributed by atoms with Gasteiger partial charge in [0.15, 0.2) is 6.61 Å². The van der Waals surface area contributed by atoms with Gasteiger partial charge < -0.3 is 4.74 Å². The number of halogens is 4. The molecule has 1 fully saturated rings. The average molecular weight is 593 g/mol. The Balaban J connectivity index is 1.41. The van der Waals surface area contributed by atoms with Crippen LogP contribution in [0.3, 0.4) is 0 Å². The summed E-state index contributed by atoms with van der Waals surface area (Å²) in [7, 11) is 0. The van der Waals surface area contributed by atoms with E-state index in [-0.39, 0.29) is 36.3 Å². The van der Waals surface area contributed by atoms with E-state index < -0.39 is 11.8 Å². The third kappa shape index (κ3) is 7.99. The van der Waals surface area contributed by atoms with Gasteiger partial charge in [0.05, 0.1) is 9.93 Å². The van der Waals surface area contributed by atoms with E-state index in [4.69, 9.17) is 63.4 Å². The van der Waals surface area contributed by atoms with Crippen LogP contribution in [0.15, 0.2) is 41.3 Å². The van der Waals surface area contributed by atoms with E-state index in [2.05, 4.69) is 10.9 Å². The van der Waals surface area contributed by atoms with Crippen molar-refractivity contribution >= 4 is 98.5 Å². The fraction of sp³-hybridized carbons (Fsp3) is 0.182. The molecule has 0 spiro atoms. The largest absolute Gasteiger partial charge is 0.482 e. The fourth-order valence-electron chi connectivity index (χ4n) is 2.82. The van der Waals surface area contributed by atoms with E-state index in [1.165, 1.54) is 17.0 Å². The van der Waals surface area contributed by atoms with Crippen molar-refractivity contribution in [1.29, 1.82) is 0 Å². The zero-order chi connectivity index (χ0) is 25.5. The first-order valence-electron chi connectivity index (χ1n) is 10.00. The number of rotatable bonds is 8. The van der Waals surface area contributed by atoms with E-state index in [0.717, 1.165) is 11.8 Å². The van der Waals surface area contributed by atoms with Gasteiger partial charge in [-0.3, -0.25) is 30.1 Å². The quantitative estimate of drug-likeness (QED) is 0.239. The molecule has 0 unspecified atom stereocenters. The van der Waals surface area contributed by atoms with Crippen molar-refractivity contribution in [3.05, 3.63) is 67.0 Å². The molecule has 0 radical (unpaired) electrons. The second-order valence-electron chi connectivity index (χ2n) is 7.06. The van der Waals surface area contributed by atoms with Gasteiger partial charge in [0.25, 0.3) is 11.8 Å². The maximum absolute atomic E-state index is 12.7. The number of benzene rings is 2. The minimum absolute atomic E-state index is 0.0588. The van der Waals surface area contributed by atoms with Crippen LogP contribution in [0.4, 0.5) is 0 Å². The lowest BCUT2D eigenvalue weighted by Crippen LogP contribution is -2.44. The third-order valence-corrected chi connectivity index (χ3v) is 6.97. The number of hydrogen-bond acceptors (Lipinski definition) is 6. The first-order valence-corrected chi connectivity index (χ1v) is 12.7. The van der Waals surface area contributed by atoms with Crippen molar-refractivity contribution < 1.29 is 19.1 Å². The van der Waals surface area contributed by atoms with Crippen LogP contribution in [0.2, 0.25) is 20.1 Å². The maximum atomic E-state index is 12.7. The number of ether oxygens (including phenoxy) is 1. The highest BCUT2D eigenvalue weighted by atomic mass is 35.5. The summed E-state index contributed by atoms with van der Waals surface area (Å²) in [5.74, 6) is -0.990. The molecule has 2 N–H and O–H groups in total. The summed E-state index contributed by atoms with van der Waals surface area (Å²) in [6.07, 6.45) is 2.04. The van der Waals surface area contributed by atoms with Crippen molar-refractivity contribution in [2.75, 3.05) is 13.2 Å². The van der Waals surface area contributed by atoms with Crippen molar-refractivity contribution in [2.24, 2.45) is 0 Å². The number of carbonyl (C=O) groups is 3. The molecule has 1 saturated heterocycles. The molecule has 1 aliphatic rings. The lowest BCUT2D eigenvalue weighted by molar-refractivity contribution is -0.130. The van der Waals surface area contributed by atoms with Gasteiger partial charge in [-0.2, -0.15) is 0 Å². The average Bonchev–Trinajstić information content (AvgIpc) is 3.06. The molecule has 1 aliphatic heterocycles. The number of hydrogen-bond donors (Lipinski definition) is 2. The van der Waals surface area contributed by atoms with Gasteiger partial charge in [0.2, 0.25) is 5.91 Å². The minimum atomic E-state index is -0.577. The van der Waals surface area contributed by atoms with E-state index in [1.54, 1.807) is 30.3 Å². The summed E-state index contributed by atoms with van der Waals surface area (Å²) in [6, 6.07) is 9.57. The highest BCUT2D eigenvalue weighted by Gasteiger charge is 2.31. The molecule has 3 rings (SSSR count). The Labute approximate surface area is 231 Å². The standard InChI is InChI=1S/C22H17Cl4N3O4S2/c23-13-4-3-12(15(25)9-13)8-18-21(32)29(22(34)35-18)7-1-2-19(30)27-28-20(31)11-33-17-6-5-14(24)10-16(17)26/h3-6,8-10H,1-2,7,11H2,(H,27,30)(H,28,31)/b18-8-. The van der Waals surface area contributed by atoms with E-state index >= 15 is 0 Å². The van der Waals surface area contributed by atoms with Gasteiger partial charge in [-0.15, -0.1) is 0 Å². The van der Waals surface area contributed by atoms with Gasteiger partial charge in [-0.25, -0.2) is 0 Å². The SMILES string of the molecule is O=C(CCCN1C(=O)/C(=C/c2ccc(Cl)cc2Cl)SC1=S)NNC(=O)COc1ccc(Cl)cc1Cl. The number of amides is 3. The molecule has 13 heteroatoms. The molecule has 7 nitrogen and oxygen atoms in total. The minimum Gasteiger partial charge on any atom is -0.482 e. The second kappa shape index (κ2) is 12.8. The summed E-state index contributed by atoms with van der Waals surface area (Å²) in [6.45, 7) is -0.113. The van der Waals surface area contributed by atoms with E-state index in [0.29, 0.717) is 36.3 Å². The Hall–Kier alpha value is -2.01. The number of hydrazine groups is 1. The summed E-state index contributed by atoms with van der Waals surface area (Å²) in [5.41, 5.74) is 5.19. The number of nitrogens with zero attached hydrogens (tertiary/aromatic N) is 1. The smallest absolute Gasteiger partial charge is 0.276 e. The van der Waals surface area contributed by atoms with Crippen LogP contribution in [0.25, 0.3) is 6.08 Å². The monoisotopic (exact) mass is 591 g/mol. The van der Waals surface area contributed by atoms with Gasteiger partial charge in [0.1, 0.15) is 10.1 Å². The second-order valence-corrected chi connectivity index (χ2v) is 10.4. The van der Waals surface area contributed by atoms with E-state index in [9.17, 15) is 14.4 Å². The number of thioether (sulfide) groups is 1. The molecular formula is C22H17Cl4N3O4S2. The number of carbonyl (C=O) groups excluding carboxylic acids is 3. The molecular weight excluding hydrogens is 576 g/mol.